The summed E-state index contributed by atoms with van der Waals surface area (Å²) < 4.78 is 18.2. The molecule has 10 nitrogen and oxygen atoms in total. The van der Waals surface area contributed by atoms with Crippen LogP contribution in [-0.2, 0) is 34.0 Å². The van der Waals surface area contributed by atoms with Gasteiger partial charge < -0.3 is 14.6 Å². The van der Waals surface area contributed by atoms with Crippen LogP contribution in [-0.4, -0.2) is 26.4 Å². The van der Waals surface area contributed by atoms with E-state index < -0.39 is 23.0 Å². The predicted molar refractivity (Wildman–Crippen MR) is 144 cm³/mol. The fourth-order valence-electron chi connectivity index (χ4n) is 3.54. The average Bonchev–Trinajstić information content (AvgIpc) is 2.95. The Hall–Kier alpha value is -4.55. The molecule has 0 bridgehead atoms. The van der Waals surface area contributed by atoms with Crippen LogP contribution in [0, 0.1) is 0 Å². The van der Waals surface area contributed by atoms with E-state index in [9.17, 15) is 18.9 Å². The second-order valence-electron chi connectivity index (χ2n) is 8.10. The van der Waals surface area contributed by atoms with E-state index in [4.69, 9.17) is 14.3 Å². The summed E-state index contributed by atoms with van der Waals surface area (Å²) >= 11 is -1.82. The van der Waals surface area contributed by atoms with Crippen LogP contribution in [0.25, 0.3) is 0 Å². The van der Waals surface area contributed by atoms with Gasteiger partial charge in [-0.3, -0.25) is 20.4 Å². The van der Waals surface area contributed by atoms with Gasteiger partial charge in [-0.25, -0.2) is 13.9 Å². The first-order chi connectivity index (χ1) is 18.9. The topological polar surface area (TPSA) is 143 Å². The van der Waals surface area contributed by atoms with E-state index in [1.807, 2.05) is 24.3 Å². The molecular formula is C28H24N2O8S. The standard InChI is InChI=1S/C28H24N2O8S/c31-27(25-7-3-4-8-26(25)28(32)33)29-21-11-15-24(16-12-21)39(35)38-23-13-9-22(10-14-23)30-36-17-19-5-1-2-6-20(19)18-37-34/h1-16,30,34H,17-18H2,(H,29,31)(H,32,33). The van der Waals surface area contributed by atoms with Gasteiger partial charge in [0.05, 0.1) is 28.3 Å². The van der Waals surface area contributed by atoms with Gasteiger partial charge in [-0.2, -0.15) is 0 Å². The van der Waals surface area contributed by atoms with Crippen LogP contribution in [0.4, 0.5) is 11.4 Å². The molecule has 0 aliphatic rings. The van der Waals surface area contributed by atoms with E-state index in [1.165, 1.54) is 24.3 Å². The first kappa shape index (κ1) is 27.5. The van der Waals surface area contributed by atoms with Crippen molar-refractivity contribution in [2.75, 3.05) is 10.8 Å². The number of amides is 1. The minimum absolute atomic E-state index is 0.0328. The molecule has 0 fully saturated rings. The monoisotopic (exact) mass is 548 g/mol. The van der Waals surface area contributed by atoms with Gasteiger partial charge in [0.15, 0.2) is 0 Å². The highest BCUT2D eigenvalue weighted by atomic mass is 32.2. The molecule has 0 aliphatic heterocycles. The van der Waals surface area contributed by atoms with Gasteiger partial charge in [-0.15, -0.1) is 0 Å². The molecule has 1 atom stereocenters. The Labute approximate surface area is 226 Å². The Morgan fingerprint density at radius 1 is 0.744 bits per heavy atom. The molecule has 4 rings (SSSR count). The fraction of sp³-hybridized carbons (Fsp3) is 0.0714. The number of anilines is 2. The summed E-state index contributed by atoms with van der Waals surface area (Å²) in [5, 5.41) is 20.6. The number of carboxylic acids is 1. The van der Waals surface area contributed by atoms with E-state index in [0.29, 0.717) is 22.0 Å². The number of benzene rings is 4. The highest BCUT2D eigenvalue weighted by Gasteiger charge is 2.16. The van der Waals surface area contributed by atoms with Gasteiger partial charge in [0, 0.05) is 5.69 Å². The minimum atomic E-state index is -1.82. The van der Waals surface area contributed by atoms with E-state index >= 15 is 0 Å². The molecule has 4 aromatic rings. The summed E-state index contributed by atoms with van der Waals surface area (Å²) in [6, 6.07) is 26.1. The molecule has 11 heteroatoms. The lowest BCUT2D eigenvalue weighted by Gasteiger charge is -2.11. The van der Waals surface area contributed by atoms with E-state index in [1.54, 1.807) is 48.5 Å². The Morgan fingerprint density at radius 2 is 1.33 bits per heavy atom. The molecule has 39 heavy (non-hydrogen) atoms. The molecule has 4 N–H and O–H groups in total. The van der Waals surface area contributed by atoms with Gasteiger partial charge in [0.25, 0.3) is 5.91 Å². The minimum Gasteiger partial charge on any atom is -0.478 e. The second-order valence-corrected chi connectivity index (χ2v) is 9.21. The Bertz CT molecular complexity index is 1460. The number of nitrogens with one attached hydrogen (secondary N) is 2. The van der Waals surface area contributed by atoms with Crippen molar-refractivity contribution < 1.29 is 38.1 Å². The predicted octanol–water partition coefficient (Wildman–Crippen LogP) is 5.27. The first-order valence-electron chi connectivity index (χ1n) is 11.6. The maximum absolute atomic E-state index is 12.7. The van der Waals surface area contributed by atoms with E-state index in [2.05, 4.69) is 15.7 Å². The zero-order valence-corrected chi connectivity index (χ0v) is 21.2. The van der Waals surface area contributed by atoms with Crippen LogP contribution >= 0.6 is 0 Å². The van der Waals surface area contributed by atoms with Crippen molar-refractivity contribution in [2.45, 2.75) is 18.1 Å². The van der Waals surface area contributed by atoms with Crippen molar-refractivity contribution >= 4 is 34.3 Å². The molecule has 1 amide bonds. The fourth-order valence-corrected chi connectivity index (χ4v) is 4.28. The Kier molecular flexibility index (Phi) is 9.38. The SMILES string of the molecule is O=C(O)c1ccccc1C(=O)Nc1ccc(S(=O)Oc2ccc(NOCc3ccccc3COO)cc2)cc1. The number of rotatable bonds is 12. The van der Waals surface area contributed by atoms with E-state index in [-0.39, 0.29) is 24.3 Å². The summed E-state index contributed by atoms with van der Waals surface area (Å²) in [4.78, 5) is 34.0. The number of aromatic carboxylic acids is 1. The molecule has 4 aromatic carbocycles. The van der Waals surface area contributed by atoms with Crippen LogP contribution < -0.4 is 15.0 Å². The van der Waals surface area contributed by atoms with E-state index in [0.717, 1.165) is 11.1 Å². The van der Waals surface area contributed by atoms with Gasteiger partial charge in [-0.1, -0.05) is 36.4 Å². The summed E-state index contributed by atoms with van der Waals surface area (Å²) in [5.41, 5.74) is 5.45. The molecule has 200 valence electrons. The van der Waals surface area contributed by atoms with Crippen LogP contribution in [0.5, 0.6) is 5.75 Å². The molecule has 0 aliphatic carbocycles. The normalized spacial score (nSPS) is 11.4. The van der Waals surface area contributed by atoms with Crippen molar-refractivity contribution in [3.63, 3.8) is 0 Å². The smallest absolute Gasteiger partial charge is 0.336 e. The molecule has 0 saturated heterocycles. The number of hydrogen-bond donors (Lipinski definition) is 4. The molecular weight excluding hydrogens is 524 g/mol. The molecule has 0 radical (unpaired) electrons. The van der Waals surface area contributed by atoms with Crippen molar-refractivity contribution in [3.8, 4) is 5.75 Å². The van der Waals surface area contributed by atoms with Crippen molar-refractivity contribution in [1.82, 2.24) is 0 Å². The van der Waals surface area contributed by atoms with Crippen LogP contribution in [0.15, 0.2) is 102 Å². The lowest BCUT2D eigenvalue weighted by Crippen LogP contribution is -2.16. The number of hydrogen-bond acceptors (Lipinski definition) is 8. The quantitative estimate of drug-likeness (QED) is 0.137. The Morgan fingerprint density at radius 3 is 1.97 bits per heavy atom. The third kappa shape index (κ3) is 7.49. The van der Waals surface area contributed by atoms with Crippen LogP contribution in [0.3, 0.4) is 0 Å². The summed E-state index contributed by atoms with van der Waals surface area (Å²) in [6.45, 7) is 0.297. The van der Waals surface area contributed by atoms with Gasteiger partial charge in [0.1, 0.15) is 12.4 Å². The molecule has 0 spiro atoms. The van der Waals surface area contributed by atoms with Crippen LogP contribution in [0.2, 0.25) is 0 Å². The van der Waals surface area contributed by atoms with Gasteiger partial charge in [0.2, 0.25) is 11.1 Å². The maximum Gasteiger partial charge on any atom is 0.336 e. The third-order valence-corrected chi connectivity index (χ3v) is 6.49. The maximum atomic E-state index is 12.7. The van der Waals surface area contributed by atoms with Crippen LogP contribution in [0.1, 0.15) is 31.8 Å². The highest BCUT2D eigenvalue weighted by Crippen LogP contribution is 2.21. The largest absolute Gasteiger partial charge is 0.478 e. The van der Waals surface area contributed by atoms with Gasteiger partial charge in [-0.05, 0) is 71.8 Å². The lowest BCUT2D eigenvalue weighted by molar-refractivity contribution is -0.253. The van der Waals surface area contributed by atoms with Crippen molar-refractivity contribution in [1.29, 1.82) is 0 Å². The summed E-state index contributed by atoms with van der Waals surface area (Å²) in [5.74, 6) is -1.40. The van der Waals surface area contributed by atoms with Crippen molar-refractivity contribution in [2.24, 2.45) is 0 Å². The van der Waals surface area contributed by atoms with Gasteiger partial charge >= 0.3 is 5.97 Å². The summed E-state index contributed by atoms with van der Waals surface area (Å²) in [6.07, 6.45) is 0. The summed E-state index contributed by atoms with van der Waals surface area (Å²) in [7, 11) is 0. The average molecular weight is 549 g/mol. The first-order valence-corrected chi connectivity index (χ1v) is 12.7. The Balaban J connectivity index is 1.29. The number of carboxylic acid groups (broad SMARTS) is 1. The zero-order chi connectivity index (χ0) is 27.6. The zero-order valence-electron chi connectivity index (χ0n) is 20.4. The number of carbonyl (C=O) groups excluding carboxylic acids is 1. The third-order valence-electron chi connectivity index (χ3n) is 5.49. The highest BCUT2D eigenvalue weighted by molar-refractivity contribution is 7.80. The lowest BCUT2D eigenvalue weighted by atomic mass is 10.1. The van der Waals surface area contributed by atoms with Crippen molar-refractivity contribution in [3.05, 3.63) is 119 Å². The molecule has 0 aromatic heterocycles. The number of carbonyl (C=O) groups is 2. The molecule has 0 saturated carbocycles. The second kappa shape index (κ2) is 13.3. The molecule has 0 heterocycles. The molecule has 1 unspecified atom stereocenters.